The van der Waals surface area contributed by atoms with Crippen molar-refractivity contribution in [3.05, 3.63) is 72.3 Å². The molecule has 1 N–H and O–H groups in total. The molecule has 0 aliphatic heterocycles. The van der Waals surface area contributed by atoms with Gasteiger partial charge in [0, 0.05) is 41.5 Å². The number of aryl methyl sites for hydroxylation is 1. The van der Waals surface area contributed by atoms with Crippen LogP contribution in [0.15, 0.2) is 67.3 Å². The van der Waals surface area contributed by atoms with Gasteiger partial charge in [0.1, 0.15) is 5.82 Å². The number of benzene rings is 2. The molecule has 6 heteroatoms. The van der Waals surface area contributed by atoms with Crippen molar-refractivity contribution in [3.8, 4) is 11.4 Å². The Morgan fingerprint density at radius 2 is 1.92 bits per heavy atom. The largest absolute Gasteiger partial charge is 0.369 e. The molecule has 4 rings (SSSR count). The van der Waals surface area contributed by atoms with Crippen molar-refractivity contribution < 1.29 is 0 Å². The summed E-state index contributed by atoms with van der Waals surface area (Å²) in [6.45, 7) is 1.72. The lowest BCUT2D eigenvalue weighted by Gasteiger charge is -2.11. The fourth-order valence-electron chi connectivity index (χ4n) is 2.84. The van der Waals surface area contributed by atoms with Crippen LogP contribution in [0.5, 0.6) is 0 Å². The van der Waals surface area contributed by atoms with Crippen LogP contribution in [0.2, 0.25) is 5.02 Å². The van der Waals surface area contributed by atoms with Crippen LogP contribution in [0.1, 0.15) is 6.42 Å². The summed E-state index contributed by atoms with van der Waals surface area (Å²) in [6.07, 6.45) is 6.56. The number of nitrogens with zero attached hydrogens (tertiary/aromatic N) is 4. The van der Waals surface area contributed by atoms with Gasteiger partial charge in [0.2, 0.25) is 0 Å². The van der Waals surface area contributed by atoms with E-state index in [9.17, 15) is 0 Å². The molecule has 5 nitrogen and oxygen atoms in total. The van der Waals surface area contributed by atoms with E-state index in [1.165, 1.54) is 0 Å². The summed E-state index contributed by atoms with van der Waals surface area (Å²) in [7, 11) is 0. The Kier molecular flexibility index (Phi) is 4.80. The highest BCUT2D eigenvalue weighted by Crippen LogP contribution is 2.27. The van der Waals surface area contributed by atoms with Crippen molar-refractivity contribution in [3.63, 3.8) is 0 Å². The van der Waals surface area contributed by atoms with Crippen molar-refractivity contribution in [2.45, 2.75) is 13.0 Å². The van der Waals surface area contributed by atoms with E-state index in [2.05, 4.69) is 19.9 Å². The van der Waals surface area contributed by atoms with Crippen molar-refractivity contribution in [1.82, 2.24) is 19.5 Å². The molecular formula is C20H18ClN5. The van der Waals surface area contributed by atoms with Gasteiger partial charge in [0.05, 0.1) is 11.8 Å². The molecule has 0 atom stereocenters. The number of nitrogens with one attached hydrogen (secondary N) is 1. The van der Waals surface area contributed by atoms with E-state index in [1.807, 2.05) is 61.1 Å². The Balaban J connectivity index is 1.61. The second-order valence-electron chi connectivity index (χ2n) is 6.00. The molecule has 0 bridgehead atoms. The number of imidazole rings is 1. The minimum atomic E-state index is 0.668. The van der Waals surface area contributed by atoms with E-state index in [0.29, 0.717) is 10.8 Å². The lowest BCUT2D eigenvalue weighted by molar-refractivity contribution is 0.660. The van der Waals surface area contributed by atoms with Crippen LogP contribution in [-0.4, -0.2) is 26.1 Å². The van der Waals surface area contributed by atoms with E-state index in [4.69, 9.17) is 16.6 Å². The number of hydrogen-bond acceptors (Lipinski definition) is 4. The highest BCUT2D eigenvalue weighted by molar-refractivity contribution is 6.31. The summed E-state index contributed by atoms with van der Waals surface area (Å²) < 4.78 is 2.06. The Hall–Kier alpha value is -2.92. The van der Waals surface area contributed by atoms with E-state index in [-0.39, 0.29) is 0 Å². The van der Waals surface area contributed by atoms with Crippen LogP contribution in [0.25, 0.3) is 22.3 Å². The molecule has 2 aromatic heterocycles. The first-order chi connectivity index (χ1) is 12.8. The molecule has 0 saturated heterocycles. The normalized spacial score (nSPS) is 11.0. The van der Waals surface area contributed by atoms with Crippen molar-refractivity contribution in [2.75, 3.05) is 11.9 Å². The second-order valence-corrected chi connectivity index (χ2v) is 6.44. The average Bonchev–Trinajstić information content (AvgIpc) is 3.19. The molecule has 0 radical (unpaired) electrons. The number of hydrogen-bond donors (Lipinski definition) is 1. The SMILES string of the molecule is Clc1ccc2c(NCCCn3ccnc3)nc(-c3ccccc3)nc2c1. The Morgan fingerprint density at radius 3 is 2.73 bits per heavy atom. The molecule has 0 fully saturated rings. The predicted molar refractivity (Wildman–Crippen MR) is 105 cm³/mol. The zero-order valence-corrected chi connectivity index (χ0v) is 14.9. The fraction of sp³-hybridized carbons (Fsp3) is 0.150. The first kappa shape index (κ1) is 16.5. The third-order valence-corrected chi connectivity index (χ3v) is 4.37. The molecule has 0 aliphatic rings. The first-order valence-corrected chi connectivity index (χ1v) is 8.90. The minimum Gasteiger partial charge on any atom is -0.369 e. The third kappa shape index (κ3) is 3.68. The average molecular weight is 364 g/mol. The number of rotatable bonds is 6. The number of aromatic nitrogens is 4. The zero-order valence-electron chi connectivity index (χ0n) is 14.1. The highest BCUT2D eigenvalue weighted by Gasteiger charge is 2.09. The summed E-state index contributed by atoms with van der Waals surface area (Å²) in [5.74, 6) is 1.52. The lowest BCUT2D eigenvalue weighted by Crippen LogP contribution is -2.08. The zero-order chi connectivity index (χ0) is 17.8. The Labute approximate surface area is 156 Å². The molecule has 0 spiro atoms. The third-order valence-electron chi connectivity index (χ3n) is 4.14. The summed E-state index contributed by atoms with van der Waals surface area (Å²) in [6, 6.07) is 15.7. The van der Waals surface area contributed by atoms with Gasteiger partial charge in [0.25, 0.3) is 0 Å². The minimum absolute atomic E-state index is 0.668. The molecule has 130 valence electrons. The molecule has 0 aliphatic carbocycles. The molecule has 2 aromatic carbocycles. The number of anilines is 1. The van der Waals surface area contributed by atoms with Crippen molar-refractivity contribution in [1.29, 1.82) is 0 Å². The van der Waals surface area contributed by atoms with E-state index >= 15 is 0 Å². The van der Waals surface area contributed by atoms with Crippen molar-refractivity contribution in [2.24, 2.45) is 0 Å². The van der Waals surface area contributed by atoms with Gasteiger partial charge >= 0.3 is 0 Å². The van der Waals surface area contributed by atoms with Crippen LogP contribution in [0.3, 0.4) is 0 Å². The van der Waals surface area contributed by atoms with Gasteiger partial charge in [-0.25, -0.2) is 15.0 Å². The fourth-order valence-corrected chi connectivity index (χ4v) is 3.01. The van der Waals surface area contributed by atoms with Crippen molar-refractivity contribution >= 4 is 28.3 Å². The van der Waals surface area contributed by atoms with Crippen LogP contribution in [0.4, 0.5) is 5.82 Å². The summed E-state index contributed by atoms with van der Waals surface area (Å²) in [4.78, 5) is 13.5. The molecule has 0 unspecified atom stereocenters. The van der Waals surface area contributed by atoms with E-state index < -0.39 is 0 Å². The van der Waals surface area contributed by atoms with Crippen LogP contribution < -0.4 is 5.32 Å². The van der Waals surface area contributed by atoms with Gasteiger partial charge in [-0.05, 0) is 24.6 Å². The quantitative estimate of drug-likeness (QED) is 0.507. The molecule has 0 saturated carbocycles. The van der Waals surface area contributed by atoms with Gasteiger partial charge in [0.15, 0.2) is 5.82 Å². The predicted octanol–water partition coefficient (Wildman–Crippen LogP) is 4.65. The molecule has 2 heterocycles. The highest BCUT2D eigenvalue weighted by atomic mass is 35.5. The maximum Gasteiger partial charge on any atom is 0.162 e. The molecule has 4 aromatic rings. The molecule has 26 heavy (non-hydrogen) atoms. The smallest absolute Gasteiger partial charge is 0.162 e. The van der Waals surface area contributed by atoms with Gasteiger partial charge in [-0.15, -0.1) is 0 Å². The maximum absolute atomic E-state index is 6.16. The Morgan fingerprint density at radius 1 is 1.04 bits per heavy atom. The number of halogens is 1. The van der Waals surface area contributed by atoms with Crippen LogP contribution in [0, 0.1) is 0 Å². The second kappa shape index (κ2) is 7.54. The molecular weight excluding hydrogens is 346 g/mol. The Bertz CT molecular complexity index is 1000. The van der Waals surface area contributed by atoms with E-state index in [0.717, 1.165) is 41.8 Å². The van der Waals surface area contributed by atoms with Gasteiger partial charge < -0.3 is 9.88 Å². The van der Waals surface area contributed by atoms with Crippen LogP contribution in [-0.2, 0) is 6.54 Å². The van der Waals surface area contributed by atoms with E-state index in [1.54, 1.807) is 6.20 Å². The maximum atomic E-state index is 6.16. The lowest BCUT2D eigenvalue weighted by atomic mass is 10.2. The monoisotopic (exact) mass is 363 g/mol. The topological polar surface area (TPSA) is 55.6 Å². The summed E-state index contributed by atoms with van der Waals surface area (Å²) in [5, 5.41) is 5.09. The van der Waals surface area contributed by atoms with Gasteiger partial charge in [-0.3, -0.25) is 0 Å². The van der Waals surface area contributed by atoms with Gasteiger partial charge in [-0.1, -0.05) is 41.9 Å². The summed E-state index contributed by atoms with van der Waals surface area (Å²) in [5.41, 5.74) is 1.82. The number of fused-ring (bicyclic) bond motifs is 1. The standard InChI is InChI=1S/C20H18ClN5/c21-16-7-8-17-18(13-16)24-19(15-5-2-1-3-6-15)25-20(17)23-9-4-11-26-12-10-22-14-26/h1-3,5-8,10,12-14H,4,9,11H2,(H,23,24,25). The molecule has 0 amide bonds. The van der Waals surface area contributed by atoms with Gasteiger partial charge in [-0.2, -0.15) is 0 Å². The van der Waals surface area contributed by atoms with Crippen LogP contribution >= 0.6 is 11.6 Å². The first-order valence-electron chi connectivity index (χ1n) is 8.52. The summed E-state index contributed by atoms with van der Waals surface area (Å²) >= 11 is 6.16.